The minimum absolute atomic E-state index is 0. The molecule has 0 radical (unpaired) electrons. The van der Waals surface area contributed by atoms with Crippen LogP contribution in [0.1, 0.15) is 38.7 Å². The van der Waals surface area contributed by atoms with Crippen molar-refractivity contribution in [3.05, 3.63) is 35.4 Å². The van der Waals surface area contributed by atoms with Gasteiger partial charge in [0.1, 0.15) is 11.6 Å². The first kappa shape index (κ1) is 21.8. The first-order chi connectivity index (χ1) is 11.4. The summed E-state index contributed by atoms with van der Waals surface area (Å²) < 4.78 is 27.6. The van der Waals surface area contributed by atoms with Crippen LogP contribution >= 0.6 is 12.4 Å². The number of carbonyl (C=O) groups is 1. The molecule has 0 saturated carbocycles. The minimum atomic E-state index is -0.528. The average molecular weight is 376 g/mol. The molecule has 142 valence electrons. The van der Waals surface area contributed by atoms with Gasteiger partial charge in [0.2, 0.25) is 5.91 Å². The van der Waals surface area contributed by atoms with Crippen LogP contribution < -0.4 is 11.1 Å². The normalized spacial score (nSPS) is 20.4. The molecule has 25 heavy (non-hydrogen) atoms. The molecular weight excluding hydrogens is 348 g/mol. The van der Waals surface area contributed by atoms with E-state index in [4.69, 9.17) is 5.73 Å². The Hall–Kier alpha value is -1.24. The lowest BCUT2D eigenvalue weighted by Gasteiger charge is -2.34. The molecule has 1 aromatic carbocycles. The van der Waals surface area contributed by atoms with Crippen molar-refractivity contribution in [2.45, 2.75) is 51.7 Å². The highest BCUT2D eigenvalue weighted by atomic mass is 35.5. The second-order valence-corrected chi connectivity index (χ2v) is 6.69. The summed E-state index contributed by atoms with van der Waals surface area (Å²) in [7, 11) is 0. The number of hydrogen-bond acceptors (Lipinski definition) is 3. The van der Waals surface area contributed by atoms with Gasteiger partial charge in [-0.05, 0) is 37.4 Å². The van der Waals surface area contributed by atoms with Crippen LogP contribution in [0.15, 0.2) is 18.2 Å². The highest BCUT2D eigenvalue weighted by molar-refractivity contribution is 5.85. The number of nitrogens with one attached hydrogen (secondary N) is 1. The van der Waals surface area contributed by atoms with E-state index in [1.165, 1.54) is 18.2 Å². The number of nitrogens with zero attached hydrogens (tertiary/aromatic N) is 1. The fourth-order valence-electron chi connectivity index (χ4n) is 3.03. The first-order valence-corrected chi connectivity index (χ1v) is 8.63. The van der Waals surface area contributed by atoms with Gasteiger partial charge in [0.15, 0.2) is 0 Å². The average Bonchev–Trinajstić information content (AvgIpc) is 2.57. The SMILES string of the molecule is CCC(C)C(N)C(=O)NC1CCCN(Cc2c(F)cccc2F)C1.Cl. The molecule has 3 unspecified atom stereocenters. The zero-order valence-electron chi connectivity index (χ0n) is 14.8. The highest BCUT2D eigenvalue weighted by Crippen LogP contribution is 2.18. The van der Waals surface area contributed by atoms with E-state index in [1.807, 2.05) is 18.7 Å². The largest absolute Gasteiger partial charge is 0.351 e. The predicted molar refractivity (Wildman–Crippen MR) is 97.5 cm³/mol. The van der Waals surface area contributed by atoms with Gasteiger partial charge in [0.05, 0.1) is 6.04 Å². The maximum atomic E-state index is 13.8. The van der Waals surface area contributed by atoms with Crippen LogP contribution in [0, 0.1) is 17.6 Å². The van der Waals surface area contributed by atoms with Crippen LogP contribution in [-0.4, -0.2) is 36.0 Å². The standard InChI is InChI=1S/C18H27F2N3O.ClH/c1-3-12(2)17(21)18(24)22-13-6-5-9-23(10-13)11-14-15(19)7-4-8-16(14)20;/h4,7-8,12-13,17H,3,5-6,9-11,21H2,1-2H3,(H,22,24);1H. The maximum Gasteiger partial charge on any atom is 0.237 e. The topological polar surface area (TPSA) is 58.4 Å². The smallest absolute Gasteiger partial charge is 0.237 e. The van der Waals surface area contributed by atoms with Gasteiger partial charge in [-0.25, -0.2) is 8.78 Å². The molecule has 0 aromatic heterocycles. The van der Waals surface area contributed by atoms with E-state index >= 15 is 0 Å². The molecular formula is C18H28ClF2N3O. The Kier molecular flexibility index (Phi) is 8.76. The van der Waals surface area contributed by atoms with Crippen LogP contribution in [0.3, 0.4) is 0 Å². The number of rotatable bonds is 6. The summed E-state index contributed by atoms with van der Waals surface area (Å²) in [5.41, 5.74) is 6.05. The van der Waals surface area contributed by atoms with Gasteiger partial charge >= 0.3 is 0 Å². The molecule has 4 nitrogen and oxygen atoms in total. The quantitative estimate of drug-likeness (QED) is 0.803. The molecule has 1 fully saturated rings. The number of carbonyl (C=O) groups excluding carboxylic acids is 1. The van der Waals surface area contributed by atoms with Crippen molar-refractivity contribution >= 4 is 18.3 Å². The van der Waals surface area contributed by atoms with Crippen molar-refractivity contribution in [2.24, 2.45) is 11.7 Å². The second kappa shape index (κ2) is 10.0. The Morgan fingerprint density at radius 2 is 2.04 bits per heavy atom. The number of halogens is 3. The first-order valence-electron chi connectivity index (χ1n) is 8.63. The minimum Gasteiger partial charge on any atom is -0.351 e. The van der Waals surface area contributed by atoms with Crippen molar-refractivity contribution in [2.75, 3.05) is 13.1 Å². The van der Waals surface area contributed by atoms with Gasteiger partial charge in [-0.15, -0.1) is 12.4 Å². The van der Waals surface area contributed by atoms with Crippen LogP contribution in [0.4, 0.5) is 8.78 Å². The van der Waals surface area contributed by atoms with E-state index in [0.29, 0.717) is 6.54 Å². The van der Waals surface area contributed by atoms with E-state index in [0.717, 1.165) is 25.8 Å². The molecule has 3 atom stereocenters. The van der Waals surface area contributed by atoms with Crippen molar-refractivity contribution in [1.29, 1.82) is 0 Å². The molecule has 0 spiro atoms. The van der Waals surface area contributed by atoms with Gasteiger partial charge in [-0.2, -0.15) is 0 Å². The summed E-state index contributed by atoms with van der Waals surface area (Å²) in [6.45, 7) is 5.51. The Bertz CT molecular complexity index is 553. The van der Waals surface area contributed by atoms with E-state index < -0.39 is 17.7 Å². The monoisotopic (exact) mass is 375 g/mol. The molecule has 1 heterocycles. The Labute approximate surface area is 154 Å². The number of nitrogens with two attached hydrogens (primary N) is 1. The van der Waals surface area contributed by atoms with Crippen LogP contribution in [0.25, 0.3) is 0 Å². The number of amides is 1. The molecule has 7 heteroatoms. The number of hydrogen-bond donors (Lipinski definition) is 2. The summed E-state index contributed by atoms with van der Waals surface area (Å²) in [6.07, 6.45) is 2.58. The maximum absolute atomic E-state index is 13.8. The Morgan fingerprint density at radius 3 is 2.64 bits per heavy atom. The lowest BCUT2D eigenvalue weighted by molar-refractivity contribution is -0.124. The van der Waals surface area contributed by atoms with Crippen molar-refractivity contribution in [3.63, 3.8) is 0 Å². The van der Waals surface area contributed by atoms with E-state index in [-0.39, 0.29) is 42.4 Å². The van der Waals surface area contributed by atoms with Gasteiger partial charge in [0, 0.05) is 24.7 Å². The molecule has 1 aliphatic heterocycles. The molecule has 0 bridgehead atoms. The number of benzene rings is 1. The zero-order valence-corrected chi connectivity index (χ0v) is 15.6. The lowest BCUT2D eigenvalue weighted by Crippen LogP contribution is -2.53. The molecule has 1 saturated heterocycles. The molecule has 3 N–H and O–H groups in total. The summed E-state index contributed by atoms with van der Waals surface area (Å²) >= 11 is 0. The predicted octanol–water partition coefficient (Wildman–Crippen LogP) is 2.84. The van der Waals surface area contributed by atoms with E-state index in [2.05, 4.69) is 5.32 Å². The summed E-state index contributed by atoms with van der Waals surface area (Å²) in [4.78, 5) is 14.2. The zero-order chi connectivity index (χ0) is 17.7. The third kappa shape index (κ3) is 5.90. The van der Waals surface area contributed by atoms with Crippen molar-refractivity contribution < 1.29 is 13.6 Å². The third-order valence-corrected chi connectivity index (χ3v) is 4.86. The molecule has 2 rings (SSSR count). The number of piperidine rings is 1. The Balaban J connectivity index is 0.00000312. The number of likely N-dealkylation sites (tertiary alicyclic amines) is 1. The van der Waals surface area contributed by atoms with E-state index in [1.54, 1.807) is 0 Å². The third-order valence-electron chi connectivity index (χ3n) is 4.86. The van der Waals surface area contributed by atoms with Crippen LogP contribution in [-0.2, 0) is 11.3 Å². The summed E-state index contributed by atoms with van der Waals surface area (Å²) in [5.74, 6) is -1.08. The van der Waals surface area contributed by atoms with E-state index in [9.17, 15) is 13.6 Å². The molecule has 0 aliphatic carbocycles. The summed E-state index contributed by atoms with van der Waals surface area (Å²) in [5, 5.41) is 2.99. The fraction of sp³-hybridized carbons (Fsp3) is 0.611. The highest BCUT2D eigenvalue weighted by Gasteiger charge is 2.26. The molecule has 1 aliphatic rings. The fourth-order valence-corrected chi connectivity index (χ4v) is 3.03. The molecule has 1 aromatic rings. The van der Waals surface area contributed by atoms with Crippen molar-refractivity contribution in [1.82, 2.24) is 10.2 Å². The Morgan fingerprint density at radius 1 is 1.40 bits per heavy atom. The van der Waals surface area contributed by atoms with Gasteiger partial charge < -0.3 is 11.1 Å². The van der Waals surface area contributed by atoms with Crippen molar-refractivity contribution in [3.8, 4) is 0 Å². The summed E-state index contributed by atoms with van der Waals surface area (Å²) in [6, 6.07) is 3.36. The van der Waals surface area contributed by atoms with Gasteiger partial charge in [-0.1, -0.05) is 26.3 Å². The second-order valence-electron chi connectivity index (χ2n) is 6.69. The van der Waals surface area contributed by atoms with Gasteiger partial charge in [-0.3, -0.25) is 9.69 Å². The van der Waals surface area contributed by atoms with Crippen LogP contribution in [0.2, 0.25) is 0 Å². The van der Waals surface area contributed by atoms with Gasteiger partial charge in [0.25, 0.3) is 0 Å². The lowest BCUT2D eigenvalue weighted by atomic mass is 9.98. The molecule has 1 amide bonds. The van der Waals surface area contributed by atoms with Crippen LogP contribution in [0.5, 0.6) is 0 Å².